The van der Waals surface area contributed by atoms with Gasteiger partial charge >= 0.3 is 0 Å². The van der Waals surface area contributed by atoms with E-state index in [-0.39, 0.29) is 0 Å². The van der Waals surface area contributed by atoms with Crippen molar-refractivity contribution >= 4 is 0 Å². The average Bonchev–Trinajstić information content (AvgIpc) is 3.16. The zero-order valence-corrected chi connectivity index (χ0v) is 11.5. The van der Waals surface area contributed by atoms with Crippen LogP contribution in [0.1, 0.15) is 25.0 Å². The molecule has 1 aromatic carbocycles. The third-order valence-electron chi connectivity index (χ3n) is 3.42. The number of hydrogen-bond donors (Lipinski definition) is 1. The molecule has 3 rings (SSSR count). The first kappa shape index (κ1) is 12.5. The van der Waals surface area contributed by atoms with E-state index in [9.17, 15) is 0 Å². The van der Waals surface area contributed by atoms with Crippen LogP contribution < -0.4 is 0 Å². The number of nitrogens with one attached hydrogen (secondary N) is 1. The van der Waals surface area contributed by atoms with E-state index < -0.39 is 0 Å². The van der Waals surface area contributed by atoms with Crippen molar-refractivity contribution in [2.45, 2.75) is 26.7 Å². The third-order valence-corrected chi connectivity index (χ3v) is 3.42. The molecule has 6 nitrogen and oxygen atoms in total. The van der Waals surface area contributed by atoms with Crippen LogP contribution in [-0.2, 0) is 12.8 Å². The largest absolute Gasteiger partial charge is 0.295 e. The molecule has 0 unspecified atom stereocenters. The minimum absolute atomic E-state index is 0.551. The zero-order chi connectivity index (χ0) is 13.9. The Morgan fingerprint density at radius 2 is 1.90 bits per heavy atom. The lowest BCUT2D eigenvalue weighted by Gasteiger charge is -2.15. The third kappa shape index (κ3) is 1.99. The standard InChI is InChI=1S/C14H16N6/c1-3-10-6-5-7-11(4-2)13(10)20-9-15-8-12(20)14-16-18-19-17-14/h5-9H,3-4H2,1-2H3,(H,16,17,18,19). The first-order valence-electron chi connectivity index (χ1n) is 6.72. The lowest BCUT2D eigenvalue weighted by Crippen LogP contribution is -2.04. The molecule has 0 aliphatic rings. The summed E-state index contributed by atoms with van der Waals surface area (Å²) in [5.41, 5.74) is 4.59. The van der Waals surface area contributed by atoms with Gasteiger partial charge in [0, 0.05) is 0 Å². The van der Waals surface area contributed by atoms with Crippen LogP contribution in [0.5, 0.6) is 0 Å². The van der Waals surface area contributed by atoms with Gasteiger partial charge in [-0.2, -0.15) is 5.21 Å². The zero-order valence-electron chi connectivity index (χ0n) is 11.5. The van der Waals surface area contributed by atoms with Crippen molar-refractivity contribution < 1.29 is 0 Å². The Balaban J connectivity index is 2.22. The van der Waals surface area contributed by atoms with E-state index in [1.165, 1.54) is 16.8 Å². The summed E-state index contributed by atoms with van der Waals surface area (Å²) in [4.78, 5) is 4.25. The number of aryl methyl sites for hydroxylation is 2. The highest BCUT2D eigenvalue weighted by Gasteiger charge is 2.15. The number of aromatic nitrogens is 6. The van der Waals surface area contributed by atoms with E-state index in [0.717, 1.165) is 18.5 Å². The lowest BCUT2D eigenvalue weighted by molar-refractivity contribution is 0.881. The second kappa shape index (κ2) is 5.24. The number of para-hydroxylation sites is 1. The first-order chi connectivity index (χ1) is 9.85. The molecule has 0 aliphatic heterocycles. The molecule has 3 aromatic rings. The molecular formula is C14H16N6. The van der Waals surface area contributed by atoms with E-state index in [1.807, 2.05) is 4.57 Å². The molecular weight excluding hydrogens is 252 g/mol. The predicted molar refractivity (Wildman–Crippen MR) is 75.5 cm³/mol. The number of benzene rings is 1. The molecule has 0 amide bonds. The fourth-order valence-electron chi connectivity index (χ4n) is 2.43. The van der Waals surface area contributed by atoms with Crippen LogP contribution in [0.15, 0.2) is 30.7 Å². The second-order valence-electron chi connectivity index (χ2n) is 4.52. The molecule has 0 atom stereocenters. The van der Waals surface area contributed by atoms with Gasteiger partial charge in [-0.25, -0.2) is 4.98 Å². The van der Waals surface area contributed by atoms with Crippen molar-refractivity contribution in [1.82, 2.24) is 30.2 Å². The SMILES string of the molecule is CCc1cccc(CC)c1-n1cncc1-c1nn[nH]n1. The van der Waals surface area contributed by atoms with Gasteiger partial charge in [0.15, 0.2) is 0 Å². The Morgan fingerprint density at radius 3 is 2.50 bits per heavy atom. The number of rotatable bonds is 4. The molecule has 0 aliphatic carbocycles. The highest BCUT2D eigenvalue weighted by atomic mass is 15.5. The van der Waals surface area contributed by atoms with Crippen LogP contribution in [0, 0.1) is 0 Å². The van der Waals surface area contributed by atoms with Crippen LogP contribution in [0.4, 0.5) is 0 Å². The summed E-state index contributed by atoms with van der Waals surface area (Å²) in [5, 5.41) is 14.2. The molecule has 20 heavy (non-hydrogen) atoms. The maximum atomic E-state index is 4.25. The maximum absolute atomic E-state index is 4.25. The Bertz CT molecular complexity index is 676. The second-order valence-corrected chi connectivity index (χ2v) is 4.52. The van der Waals surface area contributed by atoms with Crippen LogP contribution >= 0.6 is 0 Å². The van der Waals surface area contributed by atoms with Crippen molar-refractivity contribution in [3.05, 3.63) is 41.9 Å². The van der Waals surface area contributed by atoms with Crippen molar-refractivity contribution in [2.24, 2.45) is 0 Å². The fraction of sp³-hybridized carbons (Fsp3) is 0.286. The maximum Gasteiger partial charge on any atom is 0.222 e. The minimum atomic E-state index is 0.551. The molecule has 0 saturated carbocycles. The molecule has 2 heterocycles. The van der Waals surface area contributed by atoms with Gasteiger partial charge in [-0.3, -0.25) is 4.57 Å². The summed E-state index contributed by atoms with van der Waals surface area (Å²) in [6.45, 7) is 4.31. The minimum Gasteiger partial charge on any atom is -0.295 e. The van der Waals surface area contributed by atoms with Gasteiger partial charge < -0.3 is 0 Å². The summed E-state index contributed by atoms with van der Waals surface area (Å²) in [6.07, 6.45) is 5.50. The highest BCUT2D eigenvalue weighted by Crippen LogP contribution is 2.26. The smallest absolute Gasteiger partial charge is 0.222 e. The molecule has 2 aromatic heterocycles. The van der Waals surface area contributed by atoms with E-state index >= 15 is 0 Å². The summed E-state index contributed by atoms with van der Waals surface area (Å²) in [6, 6.07) is 6.40. The number of nitrogens with zero attached hydrogens (tertiary/aromatic N) is 5. The van der Waals surface area contributed by atoms with E-state index in [0.29, 0.717) is 5.82 Å². The van der Waals surface area contributed by atoms with Gasteiger partial charge in [0.05, 0.1) is 18.2 Å². The topological polar surface area (TPSA) is 72.3 Å². The lowest BCUT2D eigenvalue weighted by atomic mass is 10.0. The molecule has 6 heteroatoms. The average molecular weight is 268 g/mol. The van der Waals surface area contributed by atoms with Gasteiger partial charge in [0.2, 0.25) is 5.82 Å². The number of imidazole rings is 1. The summed E-state index contributed by atoms with van der Waals surface area (Å²) >= 11 is 0. The Morgan fingerprint density at radius 1 is 1.15 bits per heavy atom. The van der Waals surface area contributed by atoms with Crippen molar-refractivity contribution in [3.8, 4) is 17.2 Å². The Labute approximate surface area is 116 Å². The Hall–Kier alpha value is -2.50. The quantitative estimate of drug-likeness (QED) is 0.787. The molecule has 0 fully saturated rings. The number of H-pyrrole nitrogens is 1. The fourth-order valence-corrected chi connectivity index (χ4v) is 2.43. The van der Waals surface area contributed by atoms with Gasteiger partial charge in [-0.05, 0) is 29.2 Å². The molecule has 0 saturated heterocycles. The molecule has 102 valence electrons. The molecule has 0 radical (unpaired) electrons. The van der Waals surface area contributed by atoms with Crippen LogP contribution in [-0.4, -0.2) is 30.2 Å². The highest BCUT2D eigenvalue weighted by molar-refractivity contribution is 5.57. The van der Waals surface area contributed by atoms with Crippen molar-refractivity contribution in [3.63, 3.8) is 0 Å². The van der Waals surface area contributed by atoms with Crippen LogP contribution in [0.2, 0.25) is 0 Å². The summed E-state index contributed by atoms with van der Waals surface area (Å²) < 4.78 is 2.04. The molecule has 0 bridgehead atoms. The first-order valence-corrected chi connectivity index (χ1v) is 6.72. The number of tetrazole rings is 1. The molecule has 0 spiro atoms. The van der Waals surface area contributed by atoms with Crippen molar-refractivity contribution in [2.75, 3.05) is 0 Å². The predicted octanol–water partition coefficient (Wildman–Crippen LogP) is 2.18. The van der Waals surface area contributed by atoms with Crippen LogP contribution in [0.3, 0.4) is 0 Å². The van der Waals surface area contributed by atoms with Crippen molar-refractivity contribution in [1.29, 1.82) is 0 Å². The monoisotopic (exact) mass is 268 g/mol. The summed E-state index contributed by atoms with van der Waals surface area (Å²) in [5.74, 6) is 0.551. The normalized spacial score (nSPS) is 10.9. The summed E-state index contributed by atoms with van der Waals surface area (Å²) in [7, 11) is 0. The van der Waals surface area contributed by atoms with Crippen LogP contribution in [0.25, 0.3) is 17.2 Å². The van der Waals surface area contributed by atoms with E-state index in [2.05, 4.69) is 57.7 Å². The molecule has 1 N–H and O–H groups in total. The van der Waals surface area contributed by atoms with E-state index in [4.69, 9.17) is 0 Å². The van der Waals surface area contributed by atoms with Gasteiger partial charge in [0.25, 0.3) is 0 Å². The Kier molecular flexibility index (Phi) is 3.28. The van der Waals surface area contributed by atoms with E-state index in [1.54, 1.807) is 12.5 Å². The number of aromatic amines is 1. The van der Waals surface area contributed by atoms with Gasteiger partial charge in [-0.15, -0.1) is 10.2 Å². The van der Waals surface area contributed by atoms with Gasteiger partial charge in [0.1, 0.15) is 5.69 Å². The number of hydrogen-bond acceptors (Lipinski definition) is 4. The van der Waals surface area contributed by atoms with Gasteiger partial charge in [-0.1, -0.05) is 32.0 Å².